The number of aryl methyl sites for hydroxylation is 2. The third-order valence-corrected chi connectivity index (χ3v) is 8.96. The molecule has 0 aromatic carbocycles. The van der Waals surface area contributed by atoms with E-state index in [4.69, 9.17) is 4.74 Å². The van der Waals surface area contributed by atoms with Crippen molar-refractivity contribution in [2.75, 3.05) is 6.61 Å². The first kappa shape index (κ1) is 23.7. The van der Waals surface area contributed by atoms with E-state index >= 15 is 0 Å². The molecule has 0 aliphatic rings. The summed E-state index contributed by atoms with van der Waals surface area (Å²) in [5.74, 6) is 0. The number of hydrogen-bond acceptors (Lipinski definition) is 6. The van der Waals surface area contributed by atoms with Gasteiger partial charge in [0.05, 0.1) is 35.0 Å². The van der Waals surface area contributed by atoms with Crippen LogP contribution in [-0.2, 0) is 31.5 Å². The molecule has 5 rings (SSSR count). The van der Waals surface area contributed by atoms with Gasteiger partial charge in [0.15, 0.2) is 0 Å². The van der Waals surface area contributed by atoms with E-state index in [0.29, 0.717) is 18.7 Å². The first-order chi connectivity index (χ1) is 16.7. The van der Waals surface area contributed by atoms with Crippen molar-refractivity contribution in [3.63, 3.8) is 0 Å². The largest absolute Gasteiger partial charge is 0.360 e. The maximum absolute atomic E-state index is 13.2. The first-order valence-electron chi connectivity index (χ1n) is 11.8. The molecule has 9 nitrogen and oxygen atoms in total. The molecule has 184 valence electrons. The van der Waals surface area contributed by atoms with Crippen LogP contribution in [0.4, 0.5) is 0 Å². The Morgan fingerprint density at radius 2 is 1.91 bits per heavy atom. The minimum atomic E-state index is -1.08. The second-order valence-corrected chi connectivity index (χ2v) is 17.0. The maximum Gasteiger partial charge on any atom is 0.276 e. The number of nitrogens with zero attached hydrogens (tertiary/aromatic N) is 7. The Hall–Kier alpha value is -3.02. The van der Waals surface area contributed by atoms with E-state index in [1.165, 1.54) is 9.56 Å². The molecule has 0 saturated carbocycles. The van der Waals surface area contributed by atoms with Crippen molar-refractivity contribution in [2.45, 2.75) is 52.3 Å². The molecule has 5 aromatic rings. The fourth-order valence-electron chi connectivity index (χ4n) is 4.14. The number of rotatable bonds is 9. The molecule has 0 amide bonds. The maximum atomic E-state index is 13.2. The summed E-state index contributed by atoms with van der Waals surface area (Å²) in [6.07, 6.45) is 8.45. The topological polar surface area (TPSA) is 84.2 Å². The van der Waals surface area contributed by atoms with Crippen LogP contribution in [0.25, 0.3) is 15.7 Å². The third kappa shape index (κ3) is 5.02. The van der Waals surface area contributed by atoms with Crippen LogP contribution in [0.2, 0.25) is 25.7 Å². The Morgan fingerprint density at radius 3 is 2.66 bits per heavy atom. The lowest BCUT2D eigenvalue weighted by Gasteiger charge is -2.15. The van der Waals surface area contributed by atoms with E-state index in [-0.39, 0.29) is 5.56 Å². The highest BCUT2D eigenvalue weighted by molar-refractivity contribution is 7.17. The lowest BCUT2D eigenvalue weighted by atomic mass is 10.2. The molecule has 0 radical (unpaired) electrons. The Morgan fingerprint density at radius 1 is 1.11 bits per heavy atom. The average Bonchev–Trinajstić information content (AvgIpc) is 3.55. The van der Waals surface area contributed by atoms with E-state index in [9.17, 15) is 4.79 Å². The number of ether oxygens (including phenoxy) is 1. The standard InChI is InChI=1S/C24H31N7O2SSi/c1-17-22-21(13-25-31(23(22)32)14-19-6-8-28(2)26-19)30-15-20(34-24(17)30)12-18-7-9-29(27-18)16-33-10-11-35(3,4)5/h6-9,13,15H,10-12,14,16H2,1-5H3. The van der Waals surface area contributed by atoms with Crippen molar-refractivity contribution in [1.29, 1.82) is 0 Å². The van der Waals surface area contributed by atoms with Gasteiger partial charge in [-0.15, -0.1) is 11.3 Å². The molecule has 35 heavy (non-hydrogen) atoms. The second-order valence-electron chi connectivity index (χ2n) is 10.2. The zero-order chi connectivity index (χ0) is 24.7. The number of aromatic nitrogens is 7. The summed E-state index contributed by atoms with van der Waals surface area (Å²) in [6.45, 7) is 10.7. The van der Waals surface area contributed by atoms with E-state index in [2.05, 4.69) is 45.5 Å². The van der Waals surface area contributed by atoms with Gasteiger partial charge in [0.25, 0.3) is 5.56 Å². The Kier molecular flexibility index (Phi) is 6.24. The van der Waals surface area contributed by atoms with Gasteiger partial charge in [-0.3, -0.25) is 9.48 Å². The number of fused-ring (bicyclic) bond motifs is 3. The van der Waals surface area contributed by atoms with Gasteiger partial charge in [-0.1, -0.05) is 19.6 Å². The molecule has 11 heteroatoms. The summed E-state index contributed by atoms with van der Waals surface area (Å²) in [7, 11) is 0.778. The molecule has 0 atom stereocenters. The zero-order valence-corrected chi connectivity index (χ0v) is 22.7. The second kappa shape index (κ2) is 9.21. The van der Waals surface area contributed by atoms with Crippen LogP contribution < -0.4 is 5.56 Å². The molecule has 0 saturated heterocycles. The first-order valence-corrected chi connectivity index (χ1v) is 16.3. The number of thiazole rings is 1. The van der Waals surface area contributed by atoms with E-state index in [1.54, 1.807) is 22.2 Å². The summed E-state index contributed by atoms with van der Waals surface area (Å²) in [4.78, 5) is 15.5. The Bertz CT molecular complexity index is 1550. The molecule has 0 unspecified atom stereocenters. The summed E-state index contributed by atoms with van der Waals surface area (Å²) >= 11 is 1.70. The van der Waals surface area contributed by atoms with Gasteiger partial charge in [0.2, 0.25) is 0 Å². The Balaban J connectivity index is 1.33. The van der Waals surface area contributed by atoms with Crippen molar-refractivity contribution in [3.05, 3.63) is 69.1 Å². The van der Waals surface area contributed by atoms with Gasteiger partial charge in [-0.2, -0.15) is 15.3 Å². The van der Waals surface area contributed by atoms with Crippen molar-refractivity contribution < 1.29 is 4.74 Å². The summed E-state index contributed by atoms with van der Waals surface area (Å²) in [6, 6.07) is 5.09. The van der Waals surface area contributed by atoms with Gasteiger partial charge in [-0.25, -0.2) is 9.36 Å². The predicted molar refractivity (Wildman–Crippen MR) is 141 cm³/mol. The lowest BCUT2D eigenvalue weighted by Crippen LogP contribution is -2.23. The molecule has 0 aliphatic heterocycles. The van der Waals surface area contributed by atoms with Crippen molar-refractivity contribution in [3.8, 4) is 0 Å². The average molecular weight is 510 g/mol. The van der Waals surface area contributed by atoms with Gasteiger partial charge in [-0.05, 0) is 30.7 Å². The minimum Gasteiger partial charge on any atom is -0.360 e. The smallest absolute Gasteiger partial charge is 0.276 e. The molecular formula is C24H31N7O2SSi. The molecule has 0 spiro atoms. The molecule has 0 bridgehead atoms. The van der Waals surface area contributed by atoms with Gasteiger partial charge >= 0.3 is 0 Å². The molecular weight excluding hydrogens is 478 g/mol. The molecule has 0 N–H and O–H groups in total. The van der Waals surface area contributed by atoms with Gasteiger partial charge in [0.1, 0.15) is 11.6 Å². The predicted octanol–water partition coefficient (Wildman–Crippen LogP) is 3.90. The van der Waals surface area contributed by atoms with E-state index in [0.717, 1.165) is 46.4 Å². The summed E-state index contributed by atoms with van der Waals surface area (Å²) in [5, 5.41) is 14.2. The Labute approximate surface area is 208 Å². The fourth-order valence-corrected chi connectivity index (χ4v) is 6.03. The van der Waals surface area contributed by atoms with E-state index < -0.39 is 8.07 Å². The van der Waals surface area contributed by atoms with Crippen LogP contribution in [0.15, 0.2) is 41.7 Å². The minimum absolute atomic E-state index is 0.0871. The molecule has 0 aliphatic carbocycles. The van der Waals surface area contributed by atoms with Crippen LogP contribution in [0, 0.1) is 6.92 Å². The highest BCUT2D eigenvalue weighted by atomic mass is 32.1. The molecule has 0 fully saturated rings. The number of hydrogen-bond donors (Lipinski definition) is 0. The molecule has 5 heterocycles. The quantitative estimate of drug-likeness (QED) is 0.222. The highest BCUT2D eigenvalue weighted by Gasteiger charge is 2.18. The third-order valence-electron chi connectivity index (χ3n) is 6.05. The van der Waals surface area contributed by atoms with Crippen molar-refractivity contribution >= 4 is 35.1 Å². The SMILES string of the molecule is Cc1c2c(=O)n(Cc3ccn(C)n3)ncc2n2cc(Cc3ccn(COCC[Si](C)(C)C)n3)sc12. The lowest BCUT2D eigenvalue weighted by molar-refractivity contribution is 0.0783. The van der Waals surface area contributed by atoms with Crippen LogP contribution in [-0.4, -0.2) is 48.4 Å². The van der Waals surface area contributed by atoms with Crippen LogP contribution >= 0.6 is 11.3 Å². The normalized spacial score (nSPS) is 12.4. The molecule has 5 aromatic heterocycles. The van der Waals surface area contributed by atoms with Crippen LogP contribution in [0.3, 0.4) is 0 Å². The summed E-state index contributed by atoms with van der Waals surface area (Å²) < 4.78 is 13.0. The van der Waals surface area contributed by atoms with Crippen LogP contribution in [0.1, 0.15) is 21.8 Å². The van der Waals surface area contributed by atoms with Crippen molar-refractivity contribution in [2.24, 2.45) is 7.05 Å². The zero-order valence-electron chi connectivity index (χ0n) is 20.9. The van der Waals surface area contributed by atoms with Gasteiger partial charge in [0, 0.05) is 51.6 Å². The van der Waals surface area contributed by atoms with Crippen LogP contribution in [0.5, 0.6) is 0 Å². The van der Waals surface area contributed by atoms with Crippen molar-refractivity contribution in [1.82, 2.24) is 33.7 Å². The van der Waals surface area contributed by atoms with Gasteiger partial charge < -0.3 is 9.14 Å². The highest BCUT2D eigenvalue weighted by Crippen LogP contribution is 2.30. The fraction of sp³-hybridized carbons (Fsp3) is 0.417. The summed E-state index contributed by atoms with van der Waals surface area (Å²) in [5.41, 5.74) is 3.55. The van der Waals surface area contributed by atoms with E-state index in [1.807, 2.05) is 43.2 Å². The monoisotopic (exact) mass is 509 g/mol.